The third kappa shape index (κ3) is 1.82. The molecule has 0 saturated heterocycles. The number of halogens is 1. The van der Waals surface area contributed by atoms with Crippen LogP contribution < -0.4 is 0 Å². The van der Waals surface area contributed by atoms with Crippen LogP contribution in [0.3, 0.4) is 0 Å². The lowest BCUT2D eigenvalue weighted by Gasteiger charge is -2.00. The Labute approximate surface area is 71.4 Å². The molecule has 1 nitrogen and oxygen atoms in total. The molecule has 0 heterocycles. The molecular formula is C10H10FN. The molecule has 62 valence electrons. The average molecular weight is 163 g/mol. The van der Waals surface area contributed by atoms with Gasteiger partial charge in [0.1, 0.15) is 5.82 Å². The Morgan fingerprint density at radius 2 is 2.25 bits per heavy atom. The van der Waals surface area contributed by atoms with Crippen molar-refractivity contribution in [3.8, 4) is 6.07 Å². The maximum absolute atomic E-state index is 12.6. The van der Waals surface area contributed by atoms with Crippen molar-refractivity contribution in [3.05, 3.63) is 35.1 Å². The molecule has 2 heteroatoms. The first-order valence-corrected chi connectivity index (χ1v) is 3.96. The van der Waals surface area contributed by atoms with Crippen molar-refractivity contribution in [1.29, 1.82) is 5.26 Å². The van der Waals surface area contributed by atoms with Crippen LogP contribution in [0.15, 0.2) is 18.2 Å². The lowest BCUT2D eigenvalue weighted by atomic mass is 10.0. The van der Waals surface area contributed by atoms with Gasteiger partial charge in [0.05, 0.1) is 11.6 Å². The lowest BCUT2D eigenvalue weighted by Crippen LogP contribution is -1.90. The number of aryl methyl sites for hydroxylation is 1. The van der Waals surface area contributed by atoms with Gasteiger partial charge in [-0.3, -0.25) is 0 Å². The zero-order valence-corrected chi connectivity index (χ0v) is 6.97. The number of hydrogen-bond donors (Lipinski definition) is 0. The second-order valence-electron chi connectivity index (χ2n) is 2.66. The molecule has 0 saturated carbocycles. The molecule has 0 N–H and O–H groups in total. The molecule has 0 amide bonds. The summed E-state index contributed by atoms with van der Waals surface area (Å²) in [6.07, 6.45) is 1.81. The highest BCUT2D eigenvalue weighted by Gasteiger charge is 2.01. The topological polar surface area (TPSA) is 23.8 Å². The monoisotopic (exact) mass is 163 g/mol. The Morgan fingerprint density at radius 1 is 1.50 bits per heavy atom. The van der Waals surface area contributed by atoms with Crippen molar-refractivity contribution in [2.45, 2.75) is 19.8 Å². The molecular weight excluding hydrogens is 153 g/mol. The van der Waals surface area contributed by atoms with Crippen LogP contribution in [-0.2, 0) is 6.42 Å². The summed E-state index contributed by atoms with van der Waals surface area (Å²) >= 11 is 0. The van der Waals surface area contributed by atoms with Crippen LogP contribution in [-0.4, -0.2) is 0 Å². The number of nitrogens with zero attached hydrogens (tertiary/aromatic N) is 1. The molecule has 0 atom stereocenters. The molecule has 0 bridgehead atoms. The van der Waals surface area contributed by atoms with Gasteiger partial charge in [0.2, 0.25) is 0 Å². The average Bonchev–Trinajstić information content (AvgIpc) is 2.08. The first-order valence-electron chi connectivity index (χ1n) is 3.96. The minimum Gasteiger partial charge on any atom is -0.207 e. The zero-order valence-electron chi connectivity index (χ0n) is 6.97. The highest BCUT2D eigenvalue weighted by molar-refractivity contribution is 5.37. The minimum atomic E-state index is -0.341. The fraction of sp³-hybridized carbons (Fsp3) is 0.300. The first kappa shape index (κ1) is 8.73. The first-order chi connectivity index (χ1) is 5.77. The number of rotatable bonds is 2. The van der Waals surface area contributed by atoms with E-state index in [0.717, 1.165) is 18.4 Å². The van der Waals surface area contributed by atoms with Gasteiger partial charge in [-0.25, -0.2) is 4.39 Å². The maximum atomic E-state index is 12.6. The molecule has 0 aromatic heterocycles. The fourth-order valence-corrected chi connectivity index (χ4v) is 1.14. The molecule has 0 aliphatic rings. The van der Waals surface area contributed by atoms with Crippen molar-refractivity contribution in [1.82, 2.24) is 0 Å². The van der Waals surface area contributed by atoms with Gasteiger partial charge in [0.15, 0.2) is 0 Å². The van der Waals surface area contributed by atoms with E-state index in [1.165, 1.54) is 12.1 Å². The van der Waals surface area contributed by atoms with Gasteiger partial charge >= 0.3 is 0 Å². The van der Waals surface area contributed by atoms with E-state index in [1.807, 2.05) is 13.0 Å². The van der Waals surface area contributed by atoms with Crippen molar-refractivity contribution < 1.29 is 4.39 Å². The molecule has 1 rings (SSSR count). The van der Waals surface area contributed by atoms with Crippen LogP contribution in [0.2, 0.25) is 0 Å². The highest BCUT2D eigenvalue weighted by atomic mass is 19.1. The third-order valence-corrected chi connectivity index (χ3v) is 1.71. The van der Waals surface area contributed by atoms with E-state index >= 15 is 0 Å². The molecule has 12 heavy (non-hydrogen) atoms. The predicted molar refractivity (Wildman–Crippen MR) is 45.1 cm³/mol. The van der Waals surface area contributed by atoms with Crippen LogP contribution >= 0.6 is 0 Å². The molecule has 1 aromatic rings. The second kappa shape index (κ2) is 3.87. The zero-order chi connectivity index (χ0) is 8.97. The summed E-state index contributed by atoms with van der Waals surface area (Å²) in [6.45, 7) is 2.03. The largest absolute Gasteiger partial charge is 0.207 e. The summed E-state index contributed by atoms with van der Waals surface area (Å²) in [5.74, 6) is -0.341. The SMILES string of the molecule is CCCc1ccc(F)cc1C#N. The molecule has 0 aliphatic carbocycles. The fourth-order valence-electron chi connectivity index (χ4n) is 1.14. The van der Waals surface area contributed by atoms with Crippen molar-refractivity contribution >= 4 is 0 Å². The van der Waals surface area contributed by atoms with Crippen LogP contribution in [0.5, 0.6) is 0 Å². The molecule has 0 radical (unpaired) electrons. The van der Waals surface area contributed by atoms with E-state index in [4.69, 9.17) is 5.26 Å². The summed E-state index contributed by atoms with van der Waals surface area (Å²) in [7, 11) is 0. The second-order valence-corrected chi connectivity index (χ2v) is 2.66. The van der Waals surface area contributed by atoms with Gasteiger partial charge in [-0.1, -0.05) is 19.4 Å². The number of hydrogen-bond acceptors (Lipinski definition) is 1. The van der Waals surface area contributed by atoms with E-state index in [1.54, 1.807) is 6.07 Å². The van der Waals surface area contributed by atoms with Crippen LogP contribution in [0.4, 0.5) is 4.39 Å². The Morgan fingerprint density at radius 3 is 2.83 bits per heavy atom. The smallest absolute Gasteiger partial charge is 0.124 e. The summed E-state index contributed by atoms with van der Waals surface area (Å²) < 4.78 is 12.6. The van der Waals surface area contributed by atoms with Crippen molar-refractivity contribution in [2.24, 2.45) is 0 Å². The van der Waals surface area contributed by atoms with Gasteiger partial charge in [0, 0.05) is 0 Å². The van der Waals surface area contributed by atoms with E-state index in [9.17, 15) is 4.39 Å². The minimum absolute atomic E-state index is 0.341. The quantitative estimate of drug-likeness (QED) is 0.657. The molecule has 0 fully saturated rings. The summed E-state index contributed by atoms with van der Waals surface area (Å²) in [4.78, 5) is 0. The van der Waals surface area contributed by atoms with E-state index < -0.39 is 0 Å². The standard InChI is InChI=1S/C10H10FN/c1-2-3-8-4-5-10(11)6-9(8)7-12/h4-6H,2-3H2,1H3. The van der Waals surface area contributed by atoms with Gasteiger partial charge < -0.3 is 0 Å². The van der Waals surface area contributed by atoms with E-state index in [0.29, 0.717) is 5.56 Å². The molecule has 1 aromatic carbocycles. The van der Waals surface area contributed by atoms with Crippen LogP contribution in [0, 0.1) is 17.1 Å². The number of benzene rings is 1. The summed E-state index contributed by atoms with van der Waals surface area (Å²) in [5, 5.41) is 8.65. The number of nitriles is 1. The van der Waals surface area contributed by atoms with Crippen LogP contribution in [0.1, 0.15) is 24.5 Å². The highest BCUT2D eigenvalue weighted by Crippen LogP contribution is 2.11. The normalized spacial score (nSPS) is 9.42. The Bertz CT molecular complexity index is 312. The predicted octanol–water partition coefficient (Wildman–Crippen LogP) is 2.65. The Balaban J connectivity index is 3.05. The van der Waals surface area contributed by atoms with Gasteiger partial charge in [-0.2, -0.15) is 5.26 Å². The third-order valence-electron chi connectivity index (χ3n) is 1.71. The Hall–Kier alpha value is -1.36. The Kier molecular flexibility index (Phi) is 2.82. The molecule has 0 unspecified atom stereocenters. The van der Waals surface area contributed by atoms with Gasteiger partial charge in [-0.05, 0) is 24.1 Å². The summed E-state index contributed by atoms with van der Waals surface area (Å²) in [6, 6.07) is 6.34. The maximum Gasteiger partial charge on any atom is 0.124 e. The van der Waals surface area contributed by atoms with Crippen molar-refractivity contribution in [2.75, 3.05) is 0 Å². The van der Waals surface area contributed by atoms with E-state index in [-0.39, 0.29) is 5.82 Å². The van der Waals surface area contributed by atoms with Crippen molar-refractivity contribution in [3.63, 3.8) is 0 Å². The van der Waals surface area contributed by atoms with Crippen LogP contribution in [0.25, 0.3) is 0 Å². The van der Waals surface area contributed by atoms with Gasteiger partial charge in [-0.15, -0.1) is 0 Å². The molecule has 0 spiro atoms. The van der Waals surface area contributed by atoms with Gasteiger partial charge in [0.25, 0.3) is 0 Å². The molecule has 0 aliphatic heterocycles. The summed E-state index contributed by atoms with van der Waals surface area (Å²) in [5.41, 5.74) is 1.39. The van der Waals surface area contributed by atoms with E-state index in [2.05, 4.69) is 0 Å². The lowest BCUT2D eigenvalue weighted by molar-refractivity contribution is 0.626.